The van der Waals surface area contributed by atoms with Crippen molar-refractivity contribution in [2.45, 2.75) is 32.1 Å². The average molecular weight is 437 g/mol. The molecule has 5 rings (SSSR count). The van der Waals surface area contributed by atoms with Gasteiger partial charge in [0.05, 0.1) is 24.3 Å². The molecule has 2 aliphatic heterocycles. The fourth-order valence-corrected chi connectivity index (χ4v) is 5.21. The molecule has 2 aromatic rings. The second kappa shape index (κ2) is 9.45. The summed E-state index contributed by atoms with van der Waals surface area (Å²) in [5.41, 5.74) is 1.54. The molecule has 32 heavy (non-hydrogen) atoms. The summed E-state index contributed by atoms with van der Waals surface area (Å²) in [4.78, 5) is 37.0. The Morgan fingerprint density at radius 1 is 0.938 bits per heavy atom. The summed E-state index contributed by atoms with van der Waals surface area (Å²) in [5.74, 6) is 1.74. The molecule has 0 radical (unpaired) electrons. The van der Waals surface area contributed by atoms with Crippen LogP contribution in [0.2, 0.25) is 0 Å². The number of morpholine rings is 1. The average Bonchev–Trinajstić information content (AvgIpc) is 3.36. The molecule has 3 heterocycles. The lowest BCUT2D eigenvalue weighted by atomic mass is 10.0. The summed E-state index contributed by atoms with van der Waals surface area (Å²) < 4.78 is 5.42. The first-order valence-corrected chi connectivity index (χ1v) is 12.0. The van der Waals surface area contributed by atoms with Crippen LogP contribution in [0.25, 0.3) is 10.9 Å². The van der Waals surface area contributed by atoms with E-state index in [0.717, 1.165) is 29.8 Å². The normalized spacial score (nSPS) is 20.2. The Hall–Kier alpha value is -2.67. The van der Waals surface area contributed by atoms with Crippen LogP contribution >= 0.6 is 0 Å². The zero-order valence-electron chi connectivity index (χ0n) is 18.7. The number of para-hydroxylation sites is 1. The van der Waals surface area contributed by atoms with Crippen molar-refractivity contribution in [1.29, 1.82) is 0 Å². The summed E-state index contributed by atoms with van der Waals surface area (Å²) in [5, 5.41) is 0.887. The molecule has 3 fully saturated rings. The Bertz CT molecular complexity index is 974. The number of piperazine rings is 1. The molecule has 2 amide bonds. The standard InChI is InChI=1S/C25H32N4O3/c30-24(17-19-5-1-2-6-19)28-11-9-27(10-12-28)23-18-21(20-7-3-4-8-22(20)26-23)25(31)29-13-15-32-16-14-29/h3-4,7-8,18-19H,1-2,5-6,9-17H2. The highest BCUT2D eigenvalue weighted by Gasteiger charge is 2.27. The smallest absolute Gasteiger partial charge is 0.254 e. The molecule has 1 saturated carbocycles. The number of pyridine rings is 1. The number of hydrogen-bond acceptors (Lipinski definition) is 5. The van der Waals surface area contributed by atoms with Gasteiger partial charge < -0.3 is 19.4 Å². The molecule has 0 N–H and O–H groups in total. The van der Waals surface area contributed by atoms with Gasteiger partial charge in [-0.25, -0.2) is 4.98 Å². The highest BCUT2D eigenvalue weighted by atomic mass is 16.5. The number of carbonyl (C=O) groups excluding carboxylic acids is 2. The van der Waals surface area contributed by atoms with E-state index >= 15 is 0 Å². The van der Waals surface area contributed by atoms with Gasteiger partial charge in [-0.3, -0.25) is 9.59 Å². The van der Waals surface area contributed by atoms with Crippen LogP contribution in [0.1, 0.15) is 42.5 Å². The highest BCUT2D eigenvalue weighted by molar-refractivity contribution is 6.07. The van der Waals surface area contributed by atoms with Gasteiger partial charge in [-0.1, -0.05) is 31.0 Å². The van der Waals surface area contributed by atoms with Gasteiger partial charge in [0.25, 0.3) is 5.91 Å². The summed E-state index contributed by atoms with van der Waals surface area (Å²) in [6.07, 6.45) is 5.64. The van der Waals surface area contributed by atoms with E-state index in [9.17, 15) is 9.59 Å². The van der Waals surface area contributed by atoms with Crippen LogP contribution < -0.4 is 4.90 Å². The number of aromatic nitrogens is 1. The van der Waals surface area contributed by atoms with Gasteiger partial charge >= 0.3 is 0 Å². The summed E-state index contributed by atoms with van der Waals surface area (Å²) in [6, 6.07) is 9.79. The second-order valence-electron chi connectivity index (χ2n) is 9.17. The molecule has 0 atom stereocenters. The number of anilines is 1. The maximum atomic E-state index is 13.3. The zero-order chi connectivity index (χ0) is 21.9. The second-order valence-corrected chi connectivity index (χ2v) is 9.17. The molecule has 0 unspecified atom stereocenters. The first kappa shape index (κ1) is 21.2. The maximum Gasteiger partial charge on any atom is 0.254 e. The predicted molar refractivity (Wildman–Crippen MR) is 124 cm³/mol. The quantitative estimate of drug-likeness (QED) is 0.737. The number of benzene rings is 1. The van der Waals surface area contributed by atoms with Crippen LogP contribution in [0.3, 0.4) is 0 Å². The van der Waals surface area contributed by atoms with Gasteiger partial charge in [0.15, 0.2) is 0 Å². The molecule has 7 nitrogen and oxygen atoms in total. The van der Waals surface area contributed by atoms with E-state index in [-0.39, 0.29) is 5.91 Å². The van der Waals surface area contributed by atoms with Crippen molar-refractivity contribution >= 4 is 28.5 Å². The largest absolute Gasteiger partial charge is 0.378 e. The Labute approximate surface area is 189 Å². The highest BCUT2D eigenvalue weighted by Crippen LogP contribution is 2.29. The summed E-state index contributed by atoms with van der Waals surface area (Å²) in [6.45, 7) is 5.32. The molecule has 170 valence electrons. The zero-order valence-corrected chi connectivity index (χ0v) is 18.7. The molecule has 2 saturated heterocycles. The minimum atomic E-state index is 0.0403. The monoisotopic (exact) mass is 436 g/mol. The molecule has 1 aromatic carbocycles. The van der Waals surface area contributed by atoms with Gasteiger partial charge in [-0.2, -0.15) is 0 Å². The third-order valence-electron chi connectivity index (χ3n) is 7.13. The first-order valence-electron chi connectivity index (χ1n) is 12.0. The van der Waals surface area contributed by atoms with E-state index < -0.39 is 0 Å². The van der Waals surface area contributed by atoms with E-state index in [1.807, 2.05) is 40.1 Å². The van der Waals surface area contributed by atoms with Gasteiger partial charge in [0.1, 0.15) is 5.82 Å². The minimum absolute atomic E-state index is 0.0403. The van der Waals surface area contributed by atoms with E-state index in [4.69, 9.17) is 9.72 Å². The van der Waals surface area contributed by atoms with Crippen molar-refractivity contribution in [3.63, 3.8) is 0 Å². The minimum Gasteiger partial charge on any atom is -0.378 e. The lowest BCUT2D eigenvalue weighted by molar-refractivity contribution is -0.132. The Kier molecular flexibility index (Phi) is 6.26. The molecular weight excluding hydrogens is 404 g/mol. The number of ether oxygens (including phenoxy) is 1. The van der Waals surface area contributed by atoms with Crippen LogP contribution in [-0.2, 0) is 9.53 Å². The van der Waals surface area contributed by atoms with Crippen LogP contribution in [0, 0.1) is 5.92 Å². The van der Waals surface area contributed by atoms with Gasteiger partial charge in [-0.15, -0.1) is 0 Å². The molecule has 0 spiro atoms. The lowest BCUT2D eigenvalue weighted by Gasteiger charge is -2.36. The number of carbonyl (C=O) groups is 2. The van der Waals surface area contributed by atoms with Crippen molar-refractivity contribution in [1.82, 2.24) is 14.8 Å². The van der Waals surface area contributed by atoms with Crippen molar-refractivity contribution < 1.29 is 14.3 Å². The SMILES string of the molecule is O=C(CC1CCCC1)N1CCN(c2cc(C(=O)N3CCOCC3)c3ccccc3n2)CC1. The van der Waals surface area contributed by atoms with Crippen LogP contribution in [0.15, 0.2) is 30.3 Å². The van der Waals surface area contributed by atoms with E-state index in [2.05, 4.69) is 4.90 Å². The Morgan fingerprint density at radius 2 is 1.66 bits per heavy atom. The molecule has 1 aromatic heterocycles. The molecule has 0 bridgehead atoms. The van der Waals surface area contributed by atoms with Crippen molar-refractivity contribution in [3.05, 3.63) is 35.9 Å². The number of nitrogens with zero attached hydrogens (tertiary/aromatic N) is 4. The number of rotatable bonds is 4. The van der Waals surface area contributed by atoms with E-state index in [0.29, 0.717) is 63.2 Å². The Morgan fingerprint density at radius 3 is 2.41 bits per heavy atom. The maximum absolute atomic E-state index is 13.3. The summed E-state index contributed by atoms with van der Waals surface area (Å²) >= 11 is 0. The van der Waals surface area contributed by atoms with E-state index in [1.54, 1.807) is 0 Å². The fraction of sp³-hybridized carbons (Fsp3) is 0.560. The van der Waals surface area contributed by atoms with Gasteiger partial charge in [-0.05, 0) is 30.9 Å². The molecule has 3 aliphatic rings. The summed E-state index contributed by atoms with van der Waals surface area (Å²) in [7, 11) is 0. The number of amides is 2. The lowest BCUT2D eigenvalue weighted by Crippen LogP contribution is -2.49. The Balaban J connectivity index is 1.32. The first-order chi connectivity index (χ1) is 15.7. The molecule has 7 heteroatoms. The van der Waals surface area contributed by atoms with Crippen LogP contribution in [0.5, 0.6) is 0 Å². The van der Waals surface area contributed by atoms with Gasteiger partial charge in [0.2, 0.25) is 5.91 Å². The van der Waals surface area contributed by atoms with Crippen molar-refractivity contribution in [2.24, 2.45) is 5.92 Å². The third kappa shape index (κ3) is 4.44. The fourth-order valence-electron chi connectivity index (χ4n) is 5.21. The number of fused-ring (bicyclic) bond motifs is 1. The van der Waals surface area contributed by atoms with Crippen LogP contribution in [-0.4, -0.2) is 79.1 Å². The predicted octanol–water partition coefficient (Wildman–Crippen LogP) is 2.94. The van der Waals surface area contributed by atoms with Gasteiger partial charge in [0, 0.05) is 51.1 Å². The third-order valence-corrected chi connectivity index (χ3v) is 7.13. The van der Waals surface area contributed by atoms with Crippen molar-refractivity contribution in [3.8, 4) is 0 Å². The topological polar surface area (TPSA) is 66.0 Å². The number of hydrogen-bond donors (Lipinski definition) is 0. The van der Waals surface area contributed by atoms with Crippen molar-refractivity contribution in [2.75, 3.05) is 57.4 Å². The molecular formula is C25H32N4O3. The molecule has 1 aliphatic carbocycles. The van der Waals surface area contributed by atoms with Crippen LogP contribution in [0.4, 0.5) is 5.82 Å². The van der Waals surface area contributed by atoms with E-state index in [1.165, 1.54) is 25.7 Å².